The number of halogens is 1. The summed E-state index contributed by atoms with van der Waals surface area (Å²) in [6.45, 7) is 0.818. The molecule has 4 saturated carbocycles. The van der Waals surface area contributed by atoms with Gasteiger partial charge in [-0.15, -0.1) is 0 Å². The summed E-state index contributed by atoms with van der Waals surface area (Å²) in [4.78, 5) is 0. The third-order valence-corrected chi connectivity index (χ3v) is 6.01. The highest BCUT2D eigenvalue weighted by molar-refractivity contribution is 5.22. The zero-order valence-corrected chi connectivity index (χ0v) is 13.5. The molecule has 23 heavy (non-hydrogen) atoms. The first kappa shape index (κ1) is 15.4. The molecule has 4 bridgehead atoms. The molecule has 1 aromatic carbocycles. The van der Waals surface area contributed by atoms with Gasteiger partial charge in [-0.05, 0) is 80.5 Å². The molecule has 0 radical (unpaired) electrons. The third-order valence-electron chi connectivity index (χ3n) is 6.01. The van der Waals surface area contributed by atoms with Crippen molar-refractivity contribution in [3.8, 4) is 5.75 Å². The summed E-state index contributed by atoms with van der Waals surface area (Å²) in [7, 11) is 0. The van der Waals surface area contributed by atoms with E-state index in [9.17, 15) is 9.50 Å². The Kier molecular flexibility index (Phi) is 4.06. The molecule has 0 heterocycles. The second kappa shape index (κ2) is 6.06. The van der Waals surface area contributed by atoms with Crippen LogP contribution < -0.4 is 10.1 Å². The Morgan fingerprint density at radius 1 is 1.09 bits per heavy atom. The van der Waals surface area contributed by atoms with Crippen LogP contribution in [0.2, 0.25) is 0 Å². The minimum Gasteiger partial charge on any atom is -0.491 e. The summed E-state index contributed by atoms with van der Waals surface area (Å²) < 4.78 is 18.4. The van der Waals surface area contributed by atoms with Crippen molar-refractivity contribution in [1.82, 2.24) is 5.32 Å². The van der Waals surface area contributed by atoms with Gasteiger partial charge in [-0.3, -0.25) is 0 Å². The van der Waals surface area contributed by atoms with E-state index in [1.807, 2.05) is 0 Å². The van der Waals surface area contributed by atoms with Gasteiger partial charge in [-0.2, -0.15) is 0 Å². The largest absolute Gasteiger partial charge is 0.491 e. The van der Waals surface area contributed by atoms with Crippen LogP contribution in [0.15, 0.2) is 24.3 Å². The van der Waals surface area contributed by atoms with Crippen LogP contribution in [-0.2, 0) is 0 Å². The second-order valence-electron chi connectivity index (χ2n) is 8.00. The Bertz CT molecular complexity index is 510. The number of aliphatic hydroxyl groups excluding tert-OH is 1. The fraction of sp³-hybridized carbons (Fsp3) is 0.684. The molecule has 126 valence electrons. The van der Waals surface area contributed by atoms with E-state index in [4.69, 9.17) is 4.74 Å². The minimum absolute atomic E-state index is 0.241. The second-order valence-corrected chi connectivity index (χ2v) is 8.00. The summed E-state index contributed by atoms with van der Waals surface area (Å²) in [5.41, 5.74) is 0.269. The van der Waals surface area contributed by atoms with Crippen molar-refractivity contribution in [2.75, 3.05) is 13.2 Å². The number of aliphatic hydroxyl groups is 1. The van der Waals surface area contributed by atoms with E-state index in [0.29, 0.717) is 12.3 Å². The van der Waals surface area contributed by atoms with Crippen LogP contribution in [0.4, 0.5) is 4.39 Å². The summed E-state index contributed by atoms with van der Waals surface area (Å²) >= 11 is 0. The fourth-order valence-corrected chi connectivity index (χ4v) is 5.44. The first-order valence-electron chi connectivity index (χ1n) is 8.92. The van der Waals surface area contributed by atoms with Gasteiger partial charge in [-0.25, -0.2) is 4.39 Å². The maximum atomic E-state index is 12.9. The van der Waals surface area contributed by atoms with E-state index >= 15 is 0 Å². The van der Waals surface area contributed by atoms with Gasteiger partial charge in [0.1, 0.15) is 24.3 Å². The van der Waals surface area contributed by atoms with Gasteiger partial charge in [0.2, 0.25) is 0 Å². The first-order chi connectivity index (χ1) is 11.1. The van der Waals surface area contributed by atoms with E-state index in [1.54, 1.807) is 12.1 Å². The number of β-amino-alcohol motifs (C(OH)–C–C–N with tert-alkyl or cyclic N) is 1. The topological polar surface area (TPSA) is 41.5 Å². The van der Waals surface area contributed by atoms with Gasteiger partial charge in [0, 0.05) is 12.1 Å². The number of hydrogen-bond donors (Lipinski definition) is 2. The number of benzene rings is 1. The van der Waals surface area contributed by atoms with Gasteiger partial charge in [0.25, 0.3) is 0 Å². The molecule has 4 aliphatic rings. The van der Waals surface area contributed by atoms with E-state index in [0.717, 1.165) is 17.8 Å². The highest BCUT2D eigenvalue weighted by Gasteiger charge is 2.50. The van der Waals surface area contributed by atoms with Crippen molar-refractivity contribution >= 4 is 0 Å². The van der Waals surface area contributed by atoms with E-state index < -0.39 is 6.10 Å². The molecule has 0 spiro atoms. The zero-order chi connectivity index (χ0) is 15.9. The van der Waals surface area contributed by atoms with Gasteiger partial charge in [-0.1, -0.05) is 0 Å². The number of nitrogens with one attached hydrogen (secondary N) is 1. The smallest absolute Gasteiger partial charge is 0.123 e. The Morgan fingerprint density at radius 3 is 2.22 bits per heavy atom. The lowest BCUT2D eigenvalue weighted by molar-refractivity contribution is -0.0266. The lowest BCUT2D eigenvalue weighted by atomic mass is 9.53. The molecule has 0 amide bonds. The van der Waals surface area contributed by atoms with Crippen LogP contribution in [0.25, 0.3) is 0 Å². The average Bonchev–Trinajstić information content (AvgIpc) is 2.51. The minimum atomic E-state index is -0.534. The highest BCUT2D eigenvalue weighted by atomic mass is 19.1. The first-order valence-corrected chi connectivity index (χ1v) is 8.92. The lowest BCUT2D eigenvalue weighted by Crippen LogP contribution is -2.59. The molecular formula is C19H26FNO2. The number of ether oxygens (including phenoxy) is 1. The van der Waals surface area contributed by atoms with Crippen molar-refractivity contribution in [2.24, 2.45) is 17.8 Å². The van der Waals surface area contributed by atoms with Crippen LogP contribution in [0, 0.1) is 23.6 Å². The number of rotatable bonds is 6. The zero-order valence-electron chi connectivity index (χ0n) is 13.5. The normalized spacial score (nSPS) is 36.2. The van der Waals surface area contributed by atoms with Gasteiger partial charge >= 0.3 is 0 Å². The molecule has 0 aliphatic heterocycles. The molecule has 4 fully saturated rings. The molecule has 4 aliphatic carbocycles. The van der Waals surface area contributed by atoms with Gasteiger partial charge in [0.05, 0.1) is 0 Å². The Hall–Kier alpha value is -1.13. The van der Waals surface area contributed by atoms with Crippen LogP contribution in [0.5, 0.6) is 5.75 Å². The van der Waals surface area contributed by atoms with Crippen LogP contribution in [0.1, 0.15) is 38.5 Å². The summed E-state index contributed by atoms with van der Waals surface area (Å²) in [5, 5.41) is 13.9. The van der Waals surface area contributed by atoms with Crippen molar-refractivity contribution in [1.29, 1.82) is 0 Å². The van der Waals surface area contributed by atoms with Crippen molar-refractivity contribution in [3.05, 3.63) is 30.1 Å². The fourth-order valence-electron chi connectivity index (χ4n) is 5.44. The summed E-state index contributed by atoms with van der Waals surface area (Å²) in [5.74, 6) is 3.03. The average molecular weight is 319 g/mol. The maximum Gasteiger partial charge on any atom is 0.123 e. The third kappa shape index (κ3) is 3.38. The Labute approximate surface area is 137 Å². The molecule has 4 heteroatoms. The van der Waals surface area contributed by atoms with Gasteiger partial charge in [0.15, 0.2) is 0 Å². The van der Waals surface area contributed by atoms with Crippen LogP contribution in [0.3, 0.4) is 0 Å². The van der Waals surface area contributed by atoms with Gasteiger partial charge < -0.3 is 15.2 Å². The molecule has 1 aromatic rings. The molecule has 5 rings (SSSR count). The number of hydrogen-bond acceptors (Lipinski definition) is 3. The van der Waals surface area contributed by atoms with Crippen molar-refractivity contribution in [3.63, 3.8) is 0 Å². The predicted octanol–water partition coefficient (Wildman–Crippen LogP) is 3.12. The molecule has 3 nitrogen and oxygen atoms in total. The Morgan fingerprint density at radius 2 is 1.65 bits per heavy atom. The quantitative estimate of drug-likeness (QED) is 0.846. The summed E-state index contributed by atoms with van der Waals surface area (Å²) in [6.07, 6.45) is 7.60. The molecule has 1 unspecified atom stereocenters. The van der Waals surface area contributed by atoms with Crippen molar-refractivity contribution in [2.45, 2.75) is 50.2 Å². The molecule has 0 aromatic heterocycles. The highest BCUT2D eigenvalue weighted by Crippen LogP contribution is 2.55. The SMILES string of the molecule is OC(CNC12CC3CC(CC(C3)C1)C2)COc1ccc(F)cc1. The van der Waals surface area contributed by atoms with Crippen LogP contribution >= 0.6 is 0 Å². The molecule has 0 saturated heterocycles. The molecule has 2 N–H and O–H groups in total. The monoisotopic (exact) mass is 319 g/mol. The standard InChI is InChI=1S/C19H26FNO2/c20-16-1-3-18(4-2-16)23-12-17(22)11-21-19-8-13-5-14(9-19)7-15(6-13)10-19/h1-4,13-15,17,21-22H,5-12H2. The van der Waals surface area contributed by atoms with E-state index in [2.05, 4.69) is 5.32 Å². The summed E-state index contributed by atoms with van der Waals surface area (Å²) in [6, 6.07) is 5.92. The predicted molar refractivity (Wildman–Crippen MR) is 86.8 cm³/mol. The Balaban J connectivity index is 1.26. The maximum absolute atomic E-state index is 12.9. The van der Waals surface area contributed by atoms with Crippen molar-refractivity contribution < 1.29 is 14.2 Å². The molecule has 1 atom stereocenters. The van der Waals surface area contributed by atoms with E-state index in [-0.39, 0.29) is 18.0 Å². The lowest BCUT2D eigenvalue weighted by Gasteiger charge is -2.57. The molecular weight excluding hydrogens is 293 g/mol. The van der Waals surface area contributed by atoms with Crippen LogP contribution in [-0.4, -0.2) is 29.9 Å². The van der Waals surface area contributed by atoms with E-state index in [1.165, 1.54) is 50.7 Å².